The predicted octanol–water partition coefficient (Wildman–Crippen LogP) is 6.14. The van der Waals surface area contributed by atoms with E-state index in [1.807, 2.05) is 12.1 Å². The van der Waals surface area contributed by atoms with Crippen molar-refractivity contribution < 1.29 is 0 Å². The zero-order valence-electron chi connectivity index (χ0n) is 14.7. The lowest BCUT2D eigenvalue weighted by Gasteiger charge is -2.09. The van der Waals surface area contributed by atoms with Gasteiger partial charge in [-0.05, 0) is 42.3 Å². The molecule has 3 aromatic carbocycles. The van der Waals surface area contributed by atoms with E-state index in [1.54, 1.807) is 11.8 Å². The van der Waals surface area contributed by atoms with E-state index in [0.717, 1.165) is 27.6 Å². The normalized spacial score (nSPS) is 11.4. The molecular formula is C23H20N2S. The fourth-order valence-electron chi connectivity index (χ4n) is 2.99. The van der Waals surface area contributed by atoms with Gasteiger partial charge in [0.2, 0.25) is 0 Å². The van der Waals surface area contributed by atoms with Crippen LogP contribution >= 0.6 is 11.8 Å². The summed E-state index contributed by atoms with van der Waals surface area (Å²) in [6.45, 7) is 2.12. The summed E-state index contributed by atoms with van der Waals surface area (Å²) in [5.74, 6) is 0.879. The Kier molecular flexibility index (Phi) is 4.89. The van der Waals surface area contributed by atoms with Crippen molar-refractivity contribution in [3.05, 3.63) is 96.1 Å². The summed E-state index contributed by atoms with van der Waals surface area (Å²) in [6.07, 6.45) is 4.35. The fourth-order valence-corrected chi connectivity index (χ4v) is 3.83. The monoisotopic (exact) mass is 356 g/mol. The number of hydrogen-bond donors (Lipinski definition) is 0. The third-order valence-corrected chi connectivity index (χ3v) is 5.10. The van der Waals surface area contributed by atoms with Crippen LogP contribution in [0.4, 0.5) is 0 Å². The topological polar surface area (TPSA) is 17.8 Å². The van der Waals surface area contributed by atoms with Gasteiger partial charge in [-0.3, -0.25) is 4.57 Å². The Morgan fingerprint density at radius 3 is 2.58 bits per heavy atom. The smallest absolute Gasteiger partial charge is 0.174 e. The van der Waals surface area contributed by atoms with Gasteiger partial charge in [-0.15, -0.1) is 0 Å². The van der Waals surface area contributed by atoms with Gasteiger partial charge >= 0.3 is 0 Å². The van der Waals surface area contributed by atoms with Crippen molar-refractivity contribution in [2.24, 2.45) is 0 Å². The maximum absolute atomic E-state index is 4.86. The average molecular weight is 356 g/mol. The molecule has 128 valence electrons. The molecule has 4 aromatic rings. The molecule has 0 spiro atoms. The molecule has 4 rings (SSSR count). The number of para-hydroxylation sites is 2. The minimum absolute atomic E-state index is 0.879. The second-order valence-corrected chi connectivity index (χ2v) is 7.17. The zero-order chi connectivity index (χ0) is 17.8. The van der Waals surface area contributed by atoms with Crippen molar-refractivity contribution in [3.63, 3.8) is 0 Å². The summed E-state index contributed by atoms with van der Waals surface area (Å²) in [5, 5.41) is 1.02. The van der Waals surface area contributed by atoms with Crippen LogP contribution in [0, 0.1) is 6.92 Å². The predicted molar refractivity (Wildman–Crippen MR) is 112 cm³/mol. The summed E-state index contributed by atoms with van der Waals surface area (Å²) < 4.78 is 2.25. The van der Waals surface area contributed by atoms with E-state index in [9.17, 15) is 0 Å². The molecule has 1 heterocycles. The van der Waals surface area contributed by atoms with Gasteiger partial charge in [0.1, 0.15) is 0 Å². The van der Waals surface area contributed by atoms with Crippen molar-refractivity contribution in [2.75, 3.05) is 5.75 Å². The minimum atomic E-state index is 0.879. The highest BCUT2D eigenvalue weighted by molar-refractivity contribution is 7.99. The van der Waals surface area contributed by atoms with Crippen LogP contribution in [0.3, 0.4) is 0 Å². The first kappa shape index (κ1) is 16.7. The Bertz CT molecular complexity index is 1050. The highest BCUT2D eigenvalue weighted by Crippen LogP contribution is 2.28. The molecule has 0 aliphatic heterocycles. The third-order valence-electron chi connectivity index (χ3n) is 4.21. The van der Waals surface area contributed by atoms with Crippen LogP contribution in [0.5, 0.6) is 0 Å². The molecule has 0 radical (unpaired) electrons. The van der Waals surface area contributed by atoms with Gasteiger partial charge in [-0.2, -0.15) is 0 Å². The summed E-state index contributed by atoms with van der Waals surface area (Å²) in [4.78, 5) is 4.86. The molecule has 0 amide bonds. The summed E-state index contributed by atoms with van der Waals surface area (Å²) in [5.41, 5.74) is 5.81. The van der Waals surface area contributed by atoms with Crippen LogP contribution in [0.1, 0.15) is 11.1 Å². The third kappa shape index (κ3) is 3.58. The molecule has 0 atom stereocenters. The molecule has 0 fully saturated rings. The van der Waals surface area contributed by atoms with Crippen LogP contribution in [0.25, 0.3) is 22.8 Å². The molecule has 0 unspecified atom stereocenters. The molecule has 0 saturated heterocycles. The first-order valence-electron chi connectivity index (χ1n) is 8.70. The number of benzene rings is 3. The van der Waals surface area contributed by atoms with E-state index >= 15 is 0 Å². The number of rotatable bonds is 5. The molecule has 26 heavy (non-hydrogen) atoms. The number of nitrogens with zero attached hydrogens (tertiary/aromatic N) is 2. The number of thioether (sulfide) groups is 1. The largest absolute Gasteiger partial charge is 0.287 e. The SMILES string of the molecule is Cc1cccc(-n2c(SC/C=C/c3ccccc3)nc3ccccc32)c1. The Morgan fingerprint density at radius 1 is 0.923 bits per heavy atom. The Balaban J connectivity index is 1.64. The lowest BCUT2D eigenvalue weighted by atomic mass is 10.2. The van der Waals surface area contributed by atoms with E-state index in [2.05, 4.69) is 90.4 Å². The van der Waals surface area contributed by atoms with Gasteiger partial charge in [-0.25, -0.2) is 4.98 Å². The fraction of sp³-hybridized carbons (Fsp3) is 0.0870. The van der Waals surface area contributed by atoms with Crippen LogP contribution in [0.2, 0.25) is 0 Å². The number of aryl methyl sites for hydroxylation is 1. The second kappa shape index (κ2) is 7.63. The number of aromatic nitrogens is 2. The number of hydrogen-bond acceptors (Lipinski definition) is 2. The zero-order valence-corrected chi connectivity index (χ0v) is 15.5. The van der Waals surface area contributed by atoms with Crippen molar-refractivity contribution in [1.29, 1.82) is 0 Å². The molecule has 0 aliphatic rings. The number of fused-ring (bicyclic) bond motifs is 1. The van der Waals surface area contributed by atoms with Gasteiger partial charge in [0, 0.05) is 11.4 Å². The van der Waals surface area contributed by atoms with Crippen molar-refractivity contribution >= 4 is 28.9 Å². The minimum Gasteiger partial charge on any atom is -0.287 e. The maximum atomic E-state index is 4.86. The molecule has 0 N–H and O–H groups in total. The summed E-state index contributed by atoms with van der Waals surface area (Å²) in [7, 11) is 0. The molecule has 3 heteroatoms. The van der Waals surface area contributed by atoms with Gasteiger partial charge in [0.15, 0.2) is 5.16 Å². The van der Waals surface area contributed by atoms with Crippen LogP contribution in [0.15, 0.2) is 90.1 Å². The molecule has 2 nitrogen and oxygen atoms in total. The van der Waals surface area contributed by atoms with E-state index in [-0.39, 0.29) is 0 Å². The van der Waals surface area contributed by atoms with E-state index in [1.165, 1.54) is 11.1 Å². The molecule has 1 aromatic heterocycles. The molecule has 0 saturated carbocycles. The Hall–Kier alpha value is -2.78. The van der Waals surface area contributed by atoms with Gasteiger partial charge in [-0.1, -0.05) is 78.5 Å². The van der Waals surface area contributed by atoms with E-state index in [4.69, 9.17) is 4.98 Å². The lowest BCUT2D eigenvalue weighted by molar-refractivity contribution is 0.919. The maximum Gasteiger partial charge on any atom is 0.174 e. The molecule has 0 bridgehead atoms. The average Bonchev–Trinajstić information content (AvgIpc) is 3.04. The number of imidazole rings is 1. The van der Waals surface area contributed by atoms with Gasteiger partial charge < -0.3 is 0 Å². The summed E-state index contributed by atoms with van der Waals surface area (Å²) >= 11 is 1.76. The van der Waals surface area contributed by atoms with Gasteiger partial charge in [0.05, 0.1) is 11.0 Å². The van der Waals surface area contributed by atoms with Crippen LogP contribution in [-0.4, -0.2) is 15.3 Å². The second-order valence-electron chi connectivity index (χ2n) is 6.18. The molecular weight excluding hydrogens is 336 g/mol. The van der Waals surface area contributed by atoms with Gasteiger partial charge in [0.25, 0.3) is 0 Å². The van der Waals surface area contributed by atoms with E-state index in [0.29, 0.717) is 0 Å². The summed E-state index contributed by atoms with van der Waals surface area (Å²) in [6, 6.07) is 27.3. The Morgan fingerprint density at radius 2 is 1.73 bits per heavy atom. The van der Waals surface area contributed by atoms with Crippen LogP contribution in [-0.2, 0) is 0 Å². The van der Waals surface area contributed by atoms with Crippen molar-refractivity contribution in [3.8, 4) is 5.69 Å². The lowest BCUT2D eigenvalue weighted by Crippen LogP contribution is -1.97. The highest BCUT2D eigenvalue weighted by Gasteiger charge is 2.12. The highest BCUT2D eigenvalue weighted by atomic mass is 32.2. The van der Waals surface area contributed by atoms with Crippen molar-refractivity contribution in [2.45, 2.75) is 12.1 Å². The first-order valence-corrected chi connectivity index (χ1v) is 9.69. The Labute approximate surface area is 158 Å². The standard InChI is InChI=1S/C23H20N2S/c1-18-9-7-13-20(17-18)25-22-15-6-5-14-21(22)24-23(25)26-16-8-12-19-10-3-2-4-11-19/h2-15,17H,16H2,1H3/b12-8+. The van der Waals surface area contributed by atoms with Crippen molar-refractivity contribution in [1.82, 2.24) is 9.55 Å². The van der Waals surface area contributed by atoms with Crippen LogP contribution < -0.4 is 0 Å². The van der Waals surface area contributed by atoms with E-state index < -0.39 is 0 Å². The molecule has 0 aliphatic carbocycles. The first-order chi connectivity index (χ1) is 12.8. The quantitative estimate of drug-likeness (QED) is 0.400.